The predicted octanol–water partition coefficient (Wildman–Crippen LogP) is 3.22. The molecule has 1 aliphatic heterocycles. The molecular weight excluding hydrogens is 369 g/mol. The molecule has 6 nitrogen and oxygen atoms in total. The standard InChI is InChI=1S/C13H15F3N2O4S2/c1-9-4-6-23-7-5-17(9)11-3-2-10(8-12(11)18(19)20)24(21,22)13(14,15)16/h2-3,8-9H,4-7H2,1H3/t9-/m1/s1. The highest BCUT2D eigenvalue weighted by molar-refractivity contribution is 7.99. The van der Waals surface area contributed by atoms with Crippen molar-refractivity contribution in [3.63, 3.8) is 0 Å². The number of rotatable bonds is 3. The SMILES string of the molecule is C[C@@H]1CCSCCN1c1ccc(S(=O)(=O)C(F)(F)F)cc1[N+](=O)[O-]. The molecule has 0 bridgehead atoms. The molecule has 1 atom stereocenters. The summed E-state index contributed by atoms with van der Waals surface area (Å²) in [4.78, 5) is 11.0. The third-order valence-corrected chi connectivity index (χ3v) is 6.24. The maximum Gasteiger partial charge on any atom is 0.501 e. The molecule has 0 N–H and O–H groups in total. The Bertz CT molecular complexity index is 737. The minimum absolute atomic E-state index is 0.0382. The van der Waals surface area contributed by atoms with E-state index in [0.717, 1.165) is 30.1 Å². The van der Waals surface area contributed by atoms with Crippen LogP contribution in [0.4, 0.5) is 24.5 Å². The van der Waals surface area contributed by atoms with Crippen LogP contribution in [0.3, 0.4) is 0 Å². The number of anilines is 1. The van der Waals surface area contributed by atoms with Gasteiger partial charge in [0.1, 0.15) is 5.69 Å². The predicted molar refractivity (Wildman–Crippen MR) is 85.1 cm³/mol. The zero-order valence-electron chi connectivity index (χ0n) is 12.6. The number of alkyl halides is 3. The van der Waals surface area contributed by atoms with Crippen molar-refractivity contribution in [2.24, 2.45) is 0 Å². The van der Waals surface area contributed by atoms with Crippen LogP contribution in [0.2, 0.25) is 0 Å². The van der Waals surface area contributed by atoms with E-state index in [-0.39, 0.29) is 11.7 Å². The molecule has 0 amide bonds. The summed E-state index contributed by atoms with van der Waals surface area (Å²) in [5, 5.41) is 11.3. The molecule has 1 aromatic carbocycles. The molecule has 134 valence electrons. The van der Waals surface area contributed by atoms with Crippen molar-refractivity contribution in [3.8, 4) is 0 Å². The van der Waals surface area contributed by atoms with Gasteiger partial charge in [-0.05, 0) is 31.2 Å². The zero-order chi connectivity index (χ0) is 18.1. The van der Waals surface area contributed by atoms with Gasteiger partial charge in [-0.25, -0.2) is 8.42 Å². The number of thioether (sulfide) groups is 1. The van der Waals surface area contributed by atoms with Crippen LogP contribution in [0.1, 0.15) is 13.3 Å². The summed E-state index contributed by atoms with van der Waals surface area (Å²) in [6.07, 6.45) is 0.768. The summed E-state index contributed by atoms with van der Waals surface area (Å²) in [5.41, 5.74) is -6.01. The fourth-order valence-corrected chi connectivity index (χ4v) is 4.27. The lowest BCUT2D eigenvalue weighted by atomic mass is 10.1. The van der Waals surface area contributed by atoms with Gasteiger partial charge in [-0.15, -0.1) is 0 Å². The minimum atomic E-state index is -5.63. The van der Waals surface area contributed by atoms with Gasteiger partial charge in [-0.2, -0.15) is 24.9 Å². The van der Waals surface area contributed by atoms with Crippen LogP contribution in [0.5, 0.6) is 0 Å². The Kier molecular flexibility index (Phi) is 5.33. The lowest BCUT2D eigenvalue weighted by Gasteiger charge is -2.28. The smallest absolute Gasteiger partial charge is 0.362 e. The van der Waals surface area contributed by atoms with E-state index in [1.807, 2.05) is 6.92 Å². The fourth-order valence-electron chi connectivity index (χ4n) is 2.45. The van der Waals surface area contributed by atoms with E-state index < -0.39 is 30.9 Å². The third-order valence-electron chi connectivity index (χ3n) is 3.76. The molecule has 1 heterocycles. The highest BCUT2D eigenvalue weighted by atomic mass is 32.2. The Morgan fingerprint density at radius 3 is 2.58 bits per heavy atom. The number of nitro benzene ring substituents is 1. The molecule has 1 fully saturated rings. The van der Waals surface area contributed by atoms with Gasteiger partial charge in [0.2, 0.25) is 0 Å². The van der Waals surface area contributed by atoms with Gasteiger partial charge < -0.3 is 4.90 Å². The van der Waals surface area contributed by atoms with Crippen molar-refractivity contribution in [3.05, 3.63) is 28.3 Å². The van der Waals surface area contributed by atoms with Crippen molar-refractivity contribution >= 4 is 33.0 Å². The first kappa shape index (κ1) is 18.8. The molecular formula is C13H15F3N2O4S2. The molecule has 0 radical (unpaired) electrons. The summed E-state index contributed by atoms with van der Waals surface area (Å²) in [7, 11) is -5.63. The van der Waals surface area contributed by atoms with Crippen LogP contribution in [-0.4, -0.2) is 42.9 Å². The lowest BCUT2D eigenvalue weighted by Crippen LogP contribution is -2.34. The van der Waals surface area contributed by atoms with Crippen molar-refractivity contribution in [1.82, 2.24) is 0 Å². The minimum Gasteiger partial charge on any atom is -0.362 e. The van der Waals surface area contributed by atoms with Gasteiger partial charge in [-0.1, -0.05) is 0 Å². The zero-order valence-corrected chi connectivity index (χ0v) is 14.2. The van der Waals surface area contributed by atoms with E-state index in [9.17, 15) is 31.7 Å². The number of hydrogen-bond donors (Lipinski definition) is 0. The summed E-state index contributed by atoms with van der Waals surface area (Å²) < 4.78 is 60.9. The first-order valence-electron chi connectivity index (χ1n) is 7.00. The fraction of sp³-hybridized carbons (Fsp3) is 0.538. The highest BCUT2D eigenvalue weighted by Crippen LogP contribution is 2.37. The number of halogens is 3. The van der Waals surface area contributed by atoms with E-state index in [1.54, 1.807) is 16.7 Å². The van der Waals surface area contributed by atoms with Crippen molar-refractivity contribution in [2.75, 3.05) is 23.0 Å². The molecule has 11 heteroatoms. The molecule has 0 aliphatic carbocycles. The molecule has 0 saturated carbocycles. The highest BCUT2D eigenvalue weighted by Gasteiger charge is 2.47. The van der Waals surface area contributed by atoms with Gasteiger partial charge in [0.05, 0.1) is 9.82 Å². The Labute approximate surface area is 141 Å². The molecule has 0 unspecified atom stereocenters. The van der Waals surface area contributed by atoms with Crippen LogP contribution in [0, 0.1) is 10.1 Å². The van der Waals surface area contributed by atoms with Crippen molar-refractivity contribution < 1.29 is 26.5 Å². The number of hydrogen-bond acceptors (Lipinski definition) is 6. The van der Waals surface area contributed by atoms with E-state index in [1.165, 1.54) is 0 Å². The number of benzene rings is 1. The van der Waals surface area contributed by atoms with Gasteiger partial charge in [0.15, 0.2) is 0 Å². The largest absolute Gasteiger partial charge is 0.501 e. The van der Waals surface area contributed by atoms with Gasteiger partial charge in [-0.3, -0.25) is 10.1 Å². The van der Waals surface area contributed by atoms with Crippen LogP contribution in [-0.2, 0) is 9.84 Å². The first-order valence-corrected chi connectivity index (χ1v) is 9.63. The van der Waals surface area contributed by atoms with Crippen LogP contribution in [0.25, 0.3) is 0 Å². The van der Waals surface area contributed by atoms with Crippen LogP contribution >= 0.6 is 11.8 Å². The Hall–Kier alpha value is -1.49. The summed E-state index contributed by atoms with van der Waals surface area (Å²) in [6, 6.07) is 2.31. The first-order chi connectivity index (χ1) is 11.1. The Balaban J connectivity index is 2.54. The van der Waals surface area contributed by atoms with E-state index in [0.29, 0.717) is 12.6 Å². The topological polar surface area (TPSA) is 80.5 Å². The normalized spacial score (nSPS) is 19.8. The van der Waals surface area contributed by atoms with Crippen molar-refractivity contribution in [2.45, 2.75) is 29.8 Å². The van der Waals surface area contributed by atoms with Gasteiger partial charge in [0, 0.05) is 24.4 Å². The van der Waals surface area contributed by atoms with E-state index in [2.05, 4.69) is 0 Å². The second kappa shape index (κ2) is 6.79. The molecule has 1 aliphatic rings. The van der Waals surface area contributed by atoms with Crippen LogP contribution < -0.4 is 4.90 Å². The number of nitro groups is 1. The average molecular weight is 384 g/mol. The summed E-state index contributed by atoms with van der Waals surface area (Å²) in [6.45, 7) is 2.37. The molecule has 2 rings (SSSR count). The van der Waals surface area contributed by atoms with Crippen LogP contribution in [0.15, 0.2) is 23.1 Å². The lowest BCUT2D eigenvalue weighted by molar-refractivity contribution is -0.384. The second-order valence-corrected chi connectivity index (χ2v) is 8.47. The number of sulfone groups is 1. The maximum absolute atomic E-state index is 12.7. The quantitative estimate of drug-likeness (QED) is 0.588. The van der Waals surface area contributed by atoms with Gasteiger partial charge in [0.25, 0.3) is 15.5 Å². The molecule has 1 saturated heterocycles. The number of nitrogens with zero attached hydrogens (tertiary/aromatic N) is 2. The molecule has 24 heavy (non-hydrogen) atoms. The molecule has 0 spiro atoms. The average Bonchev–Trinajstić information content (AvgIpc) is 2.70. The molecule has 0 aromatic heterocycles. The Morgan fingerprint density at radius 1 is 1.33 bits per heavy atom. The van der Waals surface area contributed by atoms with E-state index in [4.69, 9.17) is 0 Å². The van der Waals surface area contributed by atoms with Gasteiger partial charge >= 0.3 is 5.51 Å². The van der Waals surface area contributed by atoms with Crippen molar-refractivity contribution in [1.29, 1.82) is 0 Å². The summed E-state index contributed by atoms with van der Waals surface area (Å²) in [5.74, 6) is 1.61. The monoisotopic (exact) mass is 384 g/mol. The Morgan fingerprint density at radius 2 is 2.00 bits per heavy atom. The molecule has 1 aromatic rings. The maximum atomic E-state index is 12.7. The van der Waals surface area contributed by atoms with E-state index >= 15 is 0 Å². The second-order valence-electron chi connectivity index (χ2n) is 5.30. The summed E-state index contributed by atoms with van der Waals surface area (Å²) >= 11 is 1.69. The third kappa shape index (κ3) is 3.61.